The first kappa shape index (κ1) is 9.22. The second-order valence-electron chi connectivity index (χ2n) is 2.50. The maximum Gasteiger partial charge on any atom is 0.0337 e. The van der Waals surface area contributed by atoms with E-state index in [2.05, 4.69) is 0 Å². The summed E-state index contributed by atoms with van der Waals surface area (Å²) in [6.45, 7) is 0. The molecular formula is C8H11N2OS-. The van der Waals surface area contributed by atoms with Gasteiger partial charge in [0, 0.05) is 17.1 Å². The molecule has 0 atom stereocenters. The van der Waals surface area contributed by atoms with Crippen molar-refractivity contribution in [2.24, 2.45) is 0 Å². The summed E-state index contributed by atoms with van der Waals surface area (Å²) in [6.07, 6.45) is 2.01. The Kier molecular flexibility index (Phi) is 3.25. The first-order valence-electron chi connectivity index (χ1n) is 3.53. The first-order valence-corrected chi connectivity index (χ1v) is 4.92. The van der Waals surface area contributed by atoms with Crippen molar-refractivity contribution >= 4 is 23.1 Å². The Morgan fingerprint density at radius 2 is 2.25 bits per heavy atom. The number of thioether (sulfide) groups is 1. The van der Waals surface area contributed by atoms with Crippen molar-refractivity contribution < 1.29 is 0 Å². The molecule has 0 aliphatic rings. The number of benzene rings is 1. The Hall–Kier alpha value is -0.870. The number of nitrogens with two attached hydrogens (primary N) is 1. The van der Waals surface area contributed by atoms with E-state index in [1.165, 1.54) is 0 Å². The SMILES string of the molecule is CSCc1cc(N)cc(N[O-])c1. The van der Waals surface area contributed by atoms with E-state index in [0.717, 1.165) is 11.3 Å². The van der Waals surface area contributed by atoms with E-state index >= 15 is 0 Å². The molecule has 1 rings (SSSR count). The molecule has 0 aliphatic carbocycles. The van der Waals surface area contributed by atoms with Crippen molar-refractivity contribution in [1.29, 1.82) is 0 Å². The molecule has 0 heterocycles. The smallest absolute Gasteiger partial charge is 0.0337 e. The van der Waals surface area contributed by atoms with Crippen LogP contribution in [0.25, 0.3) is 0 Å². The van der Waals surface area contributed by atoms with Crippen LogP contribution in [0.2, 0.25) is 0 Å². The topological polar surface area (TPSA) is 61.1 Å². The van der Waals surface area contributed by atoms with Crippen LogP contribution < -0.4 is 11.2 Å². The largest absolute Gasteiger partial charge is 0.761 e. The van der Waals surface area contributed by atoms with Crippen LogP contribution in [0.4, 0.5) is 11.4 Å². The third-order valence-corrected chi connectivity index (χ3v) is 2.07. The fourth-order valence-corrected chi connectivity index (χ4v) is 1.53. The maximum absolute atomic E-state index is 10.3. The van der Waals surface area contributed by atoms with Crippen LogP contribution in [0.1, 0.15) is 5.56 Å². The third-order valence-electron chi connectivity index (χ3n) is 1.44. The Labute approximate surface area is 75.9 Å². The predicted octanol–water partition coefficient (Wildman–Crippen LogP) is 2.04. The van der Waals surface area contributed by atoms with Gasteiger partial charge in [-0.05, 0) is 30.0 Å². The minimum atomic E-state index is 0.527. The highest BCUT2D eigenvalue weighted by Gasteiger charge is 1.95. The van der Waals surface area contributed by atoms with Crippen molar-refractivity contribution in [2.45, 2.75) is 5.75 Å². The van der Waals surface area contributed by atoms with Gasteiger partial charge in [-0.15, -0.1) is 0 Å². The molecule has 3 N–H and O–H groups in total. The van der Waals surface area contributed by atoms with Crippen molar-refractivity contribution in [3.05, 3.63) is 29.0 Å². The van der Waals surface area contributed by atoms with Gasteiger partial charge in [0.1, 0.15) is 0 Å². The number of anilines is 2. The third kappa shape index (κ3) is 2.32. The second-order valence-corrected chi connectivity index (χ2v) is 3.36. The van der Waals surface area contributed by atoms with Gasteiger partial charge in [-0.3, -0.25) is 0 Å². The van der Waals surface area contributed by atoms with Gasteiger partial charge in [0.05, 0.1) is 0 Å². The van der Waals surface area contributed by atoms with Gasteiger partial charge in [0.15, 0.2) is 0 Å². The summed E-state index contributed by atoms with van der Waals surface area (Å²) in [6, 6.07) is 5.30. The van der Waals surface area contributed by atoms with E-state index in [9.17, 15) is 5.21 Å². The zero-order valence-corrected chi connectivity index (χ0v) is 7.65. The molecule has 0 saturated heterocycles. The Balaban J connectivity index is 2.90. The van der Waals surface area contributed by atoms with Gasteiger partial charge in [-0.25, -0.2) is 0 Å². The van der Waals surface area contributed by atoms with Crippen LogP contribution in [0.15, 0.2) is 18.2 Å². The zero-order valence-electron chi connectivity index (χ0n) is 6.83. The van der Waals surface area contributed by atoms with Crippen LogP contribution in [0.5, 0.6) is 0 Å². The fraction of sp³-hybridized carbons (Fsp3) is 0.250. The van der Waals surface area contributed by atoms with E-state index in [1.54, 1.807) is 23.9 Å². The lowest BCUT2D eigenvalue weighted by Gasteiger charge is -2.11. The van der Waals surface area contributed by atoms with Crippen LogP contribution >= 0.6 is 11.8 Å². The summed E-state index contributed by atoms with van der Waals surface area (Å²) >= 11 is 1.70. The highest BCUT2D eigenvalue weighted by molar-refractivity contribution is 7.97. The number of nitrogen functional groups attached to an aromatic ring is 1. The molecule has 4 heteroatoms. The molecule has 0 radical (unpaired) electrons. The monoisotopic (exact) mass is 183 g/mol. The summed E-state index contributed by atoms with van der Waals surface area (Å²) in [7, 11) is 0. The van der Waals surface area contributed by atoms with E-state index < -0.39 is 0 Å². The molecule has 0 spiro atoms. The van der Waals surface area contributed by atoms with E-state index in [0.29, 0.717) is 11.4 Å². The van der Waals surface area contributed by atoms with Gasteiger partial charge >= 0.3 is 0 Å². The number of hydrogen-bond donors (Lipinski definition) is 2. The minimum Gasteiger partial charge on any atom is -0.761 e. The van der Waals surface area contributed by atoms with Crippen molar-refractivity contribution in [1.82, 2.24) is 0 Å². The molecule has 1 aromatic rings. The highest BCUT2D eigenvalue weighted by Crippen LogP contribution is 2.19. The molecule has 0 aliphatic heterocycles. The molecule has 12 heavy (non-hydrogen) atoms. The molecule has 1 aromatic carbocycles. The number of rotatable bonds is 3. The lowest BCUT2D eigenvalue weighted by Crippen LogP contribution is -1.92. The first-order chi connectivity index (χ1) is 5.76. The van der Waals surface area contributed by atoms with Gasteiger partial charge in [-0.2, -0.15) is 11.8 Å². The molecule has 0 fully saturated rings. The van der Waals surface area contributed by atoms with Crippen LogP contribution in [-0.2, 0) is 5.75 Å². The van der Waals surface area contributed by atoms with Gasteiger partial charge < -0.3 is 16.4 Å². The molecular weight excluding hydrogens is 172 g/mol. The predicted molar refractivity (Wildman–Crippen MR) is 55.1 cm³/mol. The Morgan fingerprint density at radius 3 is 2.83 bits per heavy atom. The van der Waals surface area contributed by atoms with Crippen LogP contribution in [0.3, 0.4) is 0 Å². The minimum absolute atomic E-state index is 0.527. The standard InChI is InChI=1S/C8H11N2OS/c1-12-5-6-2-7(9)4-8(3-6)10-11/h2-4,10H,5,9H2,1H3/q-1. The molecule has 66 valence electrons. The van der Waals surface area contributed by atoms with E-state index in [1.807, 2.05) is 17.8 Å². The molecule has 3 nitrogen and oxygen atoms in total. The fourth-order valence-electron chi connectivity index (χ4n) is 1.03. The van der Waals surface area contributed by atoms with Crippen molar-refractivity contribution in [3.8, 4) is 0 Å². The van der Waals surface area contributed by atoms with Crippen LogP contribution in [0, 0.1) is 5.21 Å². The number of hydrogen-bond acceptors (Lipinski definition) is 4. The summed E-state index contributed by atoms with van der Waals surface area (Å²) in [4.78, 5) is 0. The second kappa shape index (κ2) is 4.23. The molecule has 0 aromatic heterocycles. The van der Waals surface area contributed by atoms with E-state index in [-0.39, 0.29) is 0 Å². The average Bonchev–Trinajstić information content (AvgIpc) is 2.04. The molecule has 0 amide bonds. The van der Waals surface area contributed by atoms with Gasteiger partial charge in [0.2, 0.25) is 0 Å². The van der Waals surface area contributed by atoms with Crippen LogP contribution in [-0.4, -0.2) is 6.26 Å². The lowest BCUT2D eigenvalue weighted by molar-refractivity contribution is 1.41. The molecule has 0 saturated carbocycles. The summed E-state index contributed by atoms with van der Waals surface area (Å²) in [5, 5.41) is 10.3. The lowest BCUT2D eigenvalue weighted by atomic mass is 10.2. The normalized spacial score (nSPS) is 9.83. The molecule has 0 unspecified atom stereocenters. The maximum atomic E-state index is 10.3. The quantitative estimate of drug-likeness (QED) is 0.556. The highest BCUT2D eigenvalue weighted by atomic mass is 32.2. The van der Waals surface area contributed by atoms with Gasteiger partial charge in [-0.1, -0.05) is 0 Å². The Morgan fingerprint density at radius 1 is 1.50 bits per heavy atom. The molecule has 0 bridgehead atoms. The summed E-state index contributed by atoms with van der Waals surface area (Å²) < 4.78 is 0. The van der Waals surface area contributed by atoms with Crippen molar-refractivity contribution in [2.75, 3.05) is 17.5 Å². The summed E-state index contributed by atoms with van der Waals surface area (Å²) in [5.74, 6) is 0.875. The average molecular weight is 183 g/mol. The zero-order chi connectivity index (χ0) is 8.97. The Bertz CT molecular complexity index is 265. The van der Waals surface area contributed by atoms with Crippen molar-refractivity contribution in [3.63, 3.8) is 0 Å². The van der Waals surface area contributed by atoms with Gasteiger partial charge in [0.25, 0.3) is 0 Å². The number of nitrogens with one attached hydrogen (secondary N) is 1. The van der Waals surface area contributed by atoms with E-state index in [4.69, 9.17) is 5.73 Å². The summed E-state index contributed by atoms with van der Waals surface area (Å²) in [5.41, 5.74) is 9.63.